The highest BCUT2D eigenvalue weighted by Gasteiger charge is 2.34. The van der Waals surface area contributed by atoms with Crippen LogP contribution in [0.5, 0.6) is 0 Å². The highest BCUT2D eigenvalue weighted by Crippen LogP contribution is 2.22. The minimum Gasteiger partial charge on any atom is -0.302 e. The molecular formula is C16H18N2O3. The number of amides is 2. The minimum absolute atomic E-state index is 0.190. The Hall–Kier alpha value is -2.01. The molecule has 2 aliphatic heterocycles. The Labute approximate surface area is 123 Å². The molecule has 1 saturated heterocycles. The van der Waals surface area contributed by atoms with Crippen LogP contribution >= 0.6 is 0 Å². The largest absolute Gasteiger partial charge is 0.302 e. The first-order valence-electron chi connectivity index (χ1n) is 7.36. The van der Waals surface area contributed by atoms with Gasteiger partial charge >= 0.3 is 0 Å². The van der Waals surface area contributed by atoms with Gasteiger partial charge in [0.2, 0.25) is 0 Å². The van der Waals surface area contributed by atoms with Crippen molar-refractivity contribution in [2.24, 2.45) is 0 Å². The zero-order valence-electron chi connectivity index (χ0n) is 11.9. The van der Waals surface area contributed by atoms with Crippen LogP contribution in [-0.4, -0.2) is 53.6 Å². The van der Waals surface area contributed by atoms with E-state index >= 15 is 0 Å². The number of nitrogens with zero attached hydrogens (tertiary/aromatic N) is 2. The Kier molecular flexibility index (Phi) is 3.84. The summed E-state index contributed by atoms with van der Waals surface area (Å²) < 4.78 is 0. The van der Waals surface area contributed by atoms with E-state index in [-0.39, 0.29) is 11.8 Å². The van der Waals surface area contributed by atoms with Crippen LogP contribution in [0.2, 0.25) is 0 Å². The van der Waals surface area contributed by atoms with Gasteiger partial charge < -0.3 is 4.90 Å². The molecule has 0 spiro atoms. The lowest BCUT2D eigenvalue weighted by atomic mass is 10.1. The molecule has 0 N–H and O–H groups in total. The molecule has 0 atom stereocenters. The van der Waals surface area contributed by atoms with Crippen LogP contribution in [0.1, 0.15) is 40.0 Å². The van der Waals surface area contributed by atoms with Crippen LogP contribution in [0, 0.1) is 0 Å². The average molecular weight is 286 g/mol. The average Bonchev–Trinajstić information content (AvgIpc) is 2.75. The van der Waals surface area contributed by atoms with Crippen molar-refractivity contribution in [2.75, 3.05) is 26.2 Å². The second-order valence-corrected chi connectivity index (χ2v) is 5.54. The number of likely N-dealkylation sites (tertiary alicyclic amines) is 1. The van der Waals surface area contributed by atoms with E-state index in [2.05, 4.69) is 4.90 Å². The van der Waals surface area contributed by atoms with Gasteiger partial charge in [-0.1, -0.05) is 12.1 Å². The molecule has 0 radical (unpaired) electrons. The molecule has 0 saturated carbocycles. The lowest BCUT2D eigenvalue weighted by molar-refractivity contribution is -0.121. The lowest BCUT2D eigenvalue weighted by Crippen LogP contribution is -2.37. The van der Waals surface area contributed by atoms with E-state index in [0.717, 1.165) is 26.1 Å². The maximum absolute atomic E-state index is 12.2. The van der Waals surface area contributed by atoms with Crippen LogP contribution in [-0.2, 0) is 4.79 Å². The van der Waals surface area contributed by atoms with Crippen molar-refractivity contribution in [3.05, 3.63) is 35.4 Å². The first-order valence-corrected chi connectivity index (χ1v) is 7.36. The van der Waals surface area contributed by atoms with Gasteiger partial charge in [-0.2, -0.15) is 0 Å². The molecule has 2 amide bonds. The normalized spacial score (nSPS) is 19.2. The molecule has 2 heterocycles. The van der Waals surface area contributed by atoms with Crippen LogP contribution in [0.25, 0.3) is 0 Å². The van der Waals surface area contributed by atoms with Crippen LogP contribution in [0.15, 0.2) is 24.3 Å². The number of benzene rings is 1. The summed E-state index contributed by atoms with van der Waals surface area (Å²) in [6.45, 7) is 2.85. The van der Waals surface area contributed by atoms with Crippen LogP contribution in [0.4, 0.5) is 0 Å². The van der Waals surface area contributed by atoms with Gasteiger partial charge in [0.1, 0.15) is 5.78 Å². The molecule has 110 valence electrons. The maximum atomic E-state index is 12.2. The minimum atomic E-state index is -0.190. The van der Waals surface area contributed by atoms with Gasteiger partial charge in [-0.25, -0.2) is 0 Å². The molecule has 0 aliphatic carbocycles. The number of ketones is 1. The zero-order valence-corrected chi connectivity index (χ0v) is 11.9. The number of Topliss-reactive ketones (excluding diaryl/α,β-unsaturated/α-hetero) is 1. The van der Waals surface area contributed by atoms with Crippen LogP contribution < -0.4 is 0 Å². The topological polar surface area (TPSA) is 57.7 Å². The third-order valence-electron chi connectivity index (χ3n) is 4.15. The van der Waals surface area contributed by atoms with E-state index in [1.165, 1.54) is 4.90 Å². The summed E-state index contributed by atoms with van der Waals surface area (Å²) in [6, 6.07) is 6.95. The van der Waals surface area contributed by atoms with Crippen molar-refractivity contribution in [1.82, 2.24) is 9.80 Å². The number of piperidine rings is 1. The van der Waals surface area contributed by atoms with Gasteiger partial charge in [-0.15, -0.1) is 0 Å². The summed E-state index contributed by atoms with van der Waals surface area (Å²) in [5, 5.41) is 0. The summed E-state index contributed by atoms with van der Waals surface area (Å²) >= 11 is 0. The van der Waals surface area contributed by atoms with E-state index < -0.39 is 0 Å². The highest BCUT2D eigenvalue weighted by atomic mass is 16.2. The molecule has 21 heavy (non-hydrogen) atoms. The number of carbonyl (C=O) groups excluding carboxylic acids is 3. The SMILES string of the molecule is O=C1CCN(CCCN2C(=O)c3ccccc3C2=O)CC1. The molecule has 2 aliphatic rings. The van der Waals surface area contributed by atoms with Crippen LogP contribution in [0.3, 0.4) is 0 Å². The molecular weight excluding hydrogens is 268 g/mol. The lowest BCUT2D eigenvalue weighted by Gasteiger charge is -2.26. The Balaban J connectivity index is 1.54. The Morgan fingerprint density at radius 1 is 0.857 bits per heavy atom. The van der Waals surface area contributed by atoms with Gasteiger partial charge in [0, 0.05) is 32.5 Å². The molecule has 1 aromatic carbocycles. The van der Waals surface area contributed by atoms with Gasteiger partial charge in [0.25, 0.3) is 11.8 Å². The van der Waals surface area contributed by atoms with E-state index in [0.29, 0.717) is 36.3 Å². The number of imide groups is 1. The number of hydrogen-bond acceptors (Lipinski definition) is 4. The zero-order chi connectivity index (χ0) is 14.8. The third-order valence-corrected chi connectivity index (χ3v) is 4.15. The quantitative estimate of drug-likeness (QED) is 0.784. The predicted molar refractivity (Wildman–Crippen MR) is 77.1 cm³/mol. The summed E-state index contributed by atoms with van der Waals surface area (Å²) in [7, 11) is 0. The van der Waals surface area contributed by atoms with Gasteiger partial charge in [-0.3, -0.25) is 19.3 Å². The fraction of sp³-hybridized carbons (Fsp3) is 0.438. The van der Waals surface area contributed by atoms with E-state index in [4.69, 9.17) is 0 Å². The summed E-state index contributed by atoms with van der Waals surface area (Å²) in [5.41, 5.74) is 1.01. The fourth-order valence-electron chi connectivity index (χ4n) is 2.92. The summed E-state index contributed by atoms with van der Waals surface area (Å²) in [5.74, 6) is -0.0551. The molecule has 1 fully saturated rings. The highest BCUT2D eigenvalue weighted by molar-refractivity contribution is 6.21. The second kappa shape index (κ2) is 5.77. The van der Waals surface area contributed by atoms with Crippen molar-refractivity contribution < 1.29 is 14.4 Å². The smallest absolute Gasteiger partial charge is 0.261 e. The molecule has 5 nitrogen and oxygen atoms in total. The second-order valence-electron chi connectivity index (χ2n) is 5.54. The number of fused-ring (bicyclic) bond motifs is 1. The summed E-state index contributed by atoms with van der Waals surface area (Å²) in [4.78, 5) is 39.1. The monoisotopic (exact) mass is 286 g/mol. The Morgan fingerprint density at radius 2 is 1.43 bits per heavy atom. The first-order chi connectivity index (χ1) is 10.2. The molecule has 5 heteroatoms. The first kappa shape index (κ1) is 13.9. The Morgan fingerprint density at radius 3 is 2.00 bits per heavy atom. The van der Waals surface area contributed by atoms with E-state index in [1.807, 2.05) is 0 Å². The standard InChI is InChI=1S/C16H18N2O3/c19-12-6-10-17(11-7-12)8-3-9-18-15(20)13-4-1-2-5-14(13)16(18)21/h1-2,4-5H,3,6-11H2. The van der Waals surface area contributed by atoms with Crippen molar-refractivity contribution in [2.45, 2.75) is 19.3 Å². The predicted octanol–water partition coefficient (Wildman–Crippen LogP) is 1.34. The van der Waals surface area contributed by atoms with Crippen molar-refractivity contribution in [1.29, 1.82) is 0 Å². The van der Waals surface area contributed by atoms with Gasteiger partial charge in [-0.05, 0) is 25.1 Å². The molecule has 3 rings (SSSR count). The molecule has 0 bridgehead atoms. The molecule has 1 aromatic rings. The van der Waals surface area contributed by atoms with Crippen molar-refractivity contribution >= 4 is 17.6 Å². The Bertz CT molecular complexity index is 552. The fourth-order valence-corrected chi connectivity index (χ4v) is 2.92. The van der Waals surface area contributed by atoms with Gasteiger partial charge in [0.05, 0.1) is 11.1 Å². The van der Waals surface area contributed by atoms with E-state index in [1.54, 1.807) is 24.3 Å². The number of rotatable bonds is 4. The van der Waals surface area contributed by atoms with Gasteiger partial charge in [0.15, 0.2) is 0 Å². The number of hydrogen-bond donors (Lipinski definition) is 0. The third kappa shape index (κ3) is 2.74. The number of carbonyl (C=O) groups is 3. The van der Waals surface area contributed by atoms with Crippen molar-refractivity contribution in [3.63, 3.8) is 0 Å². The van der Waals surface area contributed by atoms with E-state index in [9.17, 15) is 14.4 Å². The maximum Gasteiger partial charge on any atom is 0.261 e. The molecule has 0 unspecified atom stereocenters. The van der Waals surface area contributed by atoms with Crippen molar-refractivity contribution in [3.8, 4) is 0 Å². The molecule has 0 aromatic heterocycles. The summed E-state index contributed by atoms with van der Waals surface area (Å²) in [6.07, 6.45) is 1.99.